The zero-order valence-electron chi connectivity index (χ0n) is 28.1. The Morgan fingerprint density at radius 1 is 0.654 bits per heavy atom. The van der Waals surface area contributed by atoms with Gasteiger partial charge in [-0.25, -0.2) is 14.4 Å². The Morgan fingerprint density at radius 3 is 1.79 bits per heavy atom. The highest BCUT2D eigenvalue weighted by atomic mass is 16.5. The lowest BCUT2D eigenvalue weighted by atomic mass is 10.1. The molecule has 5 aromatic heterocycles. The maximum atomic E-state index is 13.9. The number of ether oxygens (including phenoxy) is 1. The highest BCUT2D eigenvalue weighted by Gasteiger charge is 2.24. The van der Waals surface area contributed by atoms with Gasteiger partial charge < -0.3 is 18.0 Å². The SMILES string of the molecule is CCCc1nn(C(=O)COc2ccc3c(CC(=O)n4nc(CCC)c5c(=O)oc6ccccc6c54)cc(=O)oc3c2)c2c1c(=O)oc1ccccc12. The van der Waals surface area contributed by atoms with Gasteiger partial charge >= 0.3 is 16.9 Å². The number of aromatic nitrogens is 4. The van der Waals surface area contributed by atoms with Gasteiger partial charge in [0.1, 0.15) is 33.3 Å². The summed E-state index contributed by atoms with van der Waals surface area (Å²) in [6.45, 7) is 3.45. The Balaban J connectivity index is 1.11. The Hall–Kier alpha value is -6.63. The van der Waals surface area contributed by atoms with Crippen molar-refractivity contribution in [3.05, 3.63) is 121 Å². The molecule has 0 N–H and O–H groups in total. The molecule has 13 nitrogen and oxygen atoms in total. The summed E-state index contributed by atoms with van der Waals surface area (Å²) in [6, 6.07) is 19.8. The predicted molar refractivity (Wildman–Crippen MR) is 192 cm³/mol. The van der Waals surface area contributed by atoms with E-state index in [2.05, 4.69) is 10.2 Å². The number of carbonyl (C=O) groups excluding carboxylic acids is 2. The number of fused-ring (bicyclic) bond motifs is 7. The normalized spacial score (nSPS) is 11.7. The second-order valence-electron chi connectivity index (χ2n) is 12.4. The van der Waals surface area contributed by atoms with Gasteiger partial charge in [0.05, 0.1) is 28.8 Å². The molecule has 0 aliphatic carbocycles. The first-order chi connectivity index (χ1) is 25.2. The van der Waals surface area contributed by atoms with Crippen LogP contribution in [-0.4, -0.2) is 38.0 Å². The maximum absolute atomic E-state index is 13.9. The molecule has 0 amide bonds. The molecule has 8 rings (SSSR count). The van der Waals surface area contributed by atoms with Crippen molar-refractivity contribution >= 4 is 66.5 Å². The summed E-state index contributed by atoms with van der Waals surface area (Å²) in [7, 11) is 0. The third-order valence-electron chi connectivity index (χ3n) is 8.97. The van der Waals surface area contributed by atoms with Gasteiger partial charge in [0.2, 0.25) is 0 Å². The van der Waals surface area contributed by atoms with Crippen molar-refractivity contribution < 1.29 is 27.6 Å². The minimum atomic E-state index is -0.691. The van der Waals surface area contributed by atoms with E-state index < -0.39 is 35.3 Å². The Kier molecular flexibility index (Phi) is 8.09. The average Bonchev–Trinajstić information content (AvgIpc) is 3.71. The summed E-state index contributed by atoms with van der Waals surface area (Å²) in [4.78, 5) is 66.2. The van der Waals surface area contributed by atoms with Crippen LogP contribution in [0, 0.1) is 0 Å². The maximum Gasteiger partial charge on any atom is 0.347 e. The quantitative estimate of drug-likeness (QED) is 0.157. The van der Waals surface area contributed by atoms with Crippen molar-refractivity contribution in [2.75, 3.05) is 6.61 Å². The van der Waals surface area contributed by atoms with Crippen molar-refractivity contribution in [2.24, 2.45) is 0 Å². The number of para-hydroxylation sites is 2. The monoisotopic (exact) mass is 698 g/mol. The number of hydrogen-bond donors (Lipinski definition) is 0. The molecule has 260 valence electrons. The van der Waals surface area contributed by atoms with Gasteiger partial charge in [-0.3, -0.25) is 9.59 Å². The lowest BCUT2D eigenvalue weighted by Crippen LogP contribution is -2.21. The van der Waals surface area contributed by atoms with Crippen LogP contribution >= 0.6 is 0 Å². The minimum absolute atomic E-state index is 0.140. The van der Waals surface area contributed by atoms with Crippen LogP contribution in [0.25, 0.3) is 54.7 Å². The van der Waals surface area contributed by atoms with Crippen LogP contribution in [0.15, 0.2) is 100 Å². The fourth-order valence-electron chi connectivity index (χ4n) is 6.73. The highest BCUT2D eigenvalue weighted by Crippen LogP contribution is 2.29. The van der Waals surface area contributed by atoms with Crippen molar-refractivity contribution in [2.45, 2.75) is 46.0 Å². The van der Waals surface area contributed by atoms with E-state index in [1.807, 2.05) is 13.8 Å². The van der Waals surface area contributed by atoms with Crippen LogP contribution in [0.1, 0.15) is 53.2 Å². The molecule has 0 aliphatic heterocycles. The van der Waals surface area contributed by atoms with Crippen LogP contribution < -0.4 is 21.6 Å². The van der Waals surface area contributed by atoms with E-state index in [0.717, 1.165) is 0 Å². The number of benzene rings is 3. The van der Waals surface area contributed by atoms with Crippen molar-refractivity contribution in [1.29, 1.82) is 0 Å². The molecular formula is C39H30N4O9. The third-order valence-corrected chi connectivity index (χ3v) is 8.97. The summed E-state index contributed by atoms with van der Waals surface area (Å²) >= 11 is 0. The molecule has 3 aromatic carbocycles. The van der Waals surface area contributed by atoms with Gasteiger partial charge in [-0.05, 0) is 54.8 Å². The number of hydrogen-bond acceptors (Lipinski definition) is 11. The molecule has 8 aromatic rings. The van der Waals surface area contributed by atoms with Crippen LogP contribution in [0.2, 0.25) is 0 Å². The zero-order chi connectivity index (χ0) is 36.1. The van der Waals surface area contributed by atoms with E-state index >= 15 is 0 Å². The van der Waals surface area contributed by atoms with Gasteiger partial charge in [0.15, 0.2) is 6.61 Å². The van der Waals surface area contributed by atoms with Gasteiger partial charge in [-0.15, -0.1) is 0 Å². The molecule has 0 saturated carbocycles. The second-order valence-corrected chi connectivity index (χ2v) is 12.4. The third kappa shape index (κ3) is 5.46. The number of carbonyl (C=O) groups is 2. The van der Waals surface area contributed by atoms with E-state index in [9.17, 15) is 24.0 Å². The van der Waals surface area contributed by atoms with E-state index in [4.69, 9.17) is 18.0 Å². The first-order valence-electron chi connectivity index (χ1n) is 16.9. The van der Waals surface area contributed by atoms with Crippen LogP contribution in [-0.2, 0) is 19.3 Å². The predicted octanol–water partition coefficient (Wildman–Crippen LogP) is 6.21. The van der Waals surface area contributed by atoms with Crippen LogP contribution in [0.5, 0.6) is 5.75 Å². The van der Waals surface area contributed by atoms with Crippen LogP contribution in [0.3, 0.4) is 0 Å². The highest BCUT2D eigenvalue weighted by molar-refractivity contribution is 6.08. The molecule has 0 bridgehead atoms. The molecule has 5 heterocycles. The molecule has 0 radical (unpaired) electrons. The van der Waals surface area contributed by atoms with Gasteiger partial charge in [-0.2, -0.15) is 19.6 Å². The summed E-state index contributed by atoms with van der Waals surface area (Å²) < 4.78 is 24.8. The average molecular weight is 699 g/mol. The first kappa shape index (κ1) is 32.6. The molecule has 0 atom stereocenters. The molecule has 0 saturated heterocycles. The Labute approximate surface area is 292 Å². The molecule has 0 fully saturated rings. The molecule has 0 spiro atoms. The standard InChI is InChI=1S/C39H30N4O9/c1-3-9-26-34-36(24-11-5-7-13-28(24)51-38(34)47)42(40-26)31(44)17-21-18-33(46)50-30-19-22(15-16-23(21)30)49-20-32(45)43-37-25-12-6-8-14-29(25)52-39(48)35(37)27(41-43)10-4-2/h5-8,11-16,18-19H,3-4,9-10,17,20H2,1-2H3. The summed E-state index contributed by atoms with van der Waals surface area (Å²) in [5.74, 6) is -0.765. The van der Waals surface area contributed by atoms with E-state index in [1.165, 1.54) is 21.5 Å². The molecule has 0 aliphatic rings. The summed E-state index contributed by atoms with van der Waals surface area (Å²) in [6.07, 6.45) is 2.10. The van der Waals surface area contributed by atoms with Crippen LogP contribution in [0.4, 0.5) is 0 Å². The number of aryl methyl sites for hydroxylation is 2. The fourth-order valence-corrected chi connectivity index (χ4v) is 6.73. The molecule has 13 heteroatoms. The Morgan fingerprint density at radius 2 is 1.21 bits per heavy atom. The second kappa shape index (κ2) is 12.9. The van der Waals surface area contributed by atoms with E-state index in [-0.39, 0.29) is 28.5 Å². The number of nitrogens with zero attached hydrogens (tertiary/aromatic N) is 4. The van der Waals surface area contributed by atoms with Gasteiger partial charge in [0, 0.05) is 28.3 Å². The Bertz CT molecular complexity index is 2930. The van der Waals surface area contributed by atoms with E-state index in [1.54, 1.807) is 60.7 Å². The molecule has 52 heavy (non-hydrogen) atoms. The van der Waals surface area contributed by atoms with Crippen molar-refractivity contribution in [3.63, 3.8) is 0 Å². The largest absolute Gasteiger partial charge is 0.484 e. The van der Waals surface area contributed by atoms with Crippen molar-refractivity contribution in [3.8, 4) is 5.75 Å². The minimum Gasteiger partial charge on any atom is -0.484 e. The zero-order valence-corrected chi connectivity index (χ0v) is 28.1. The summed E-state index contributed by atoms with van der Waals surface area (Å²) in [5.41, 5.74) is 0.965. The van der Waals surface area contributed by atoms with Crippen molar-refractivity contribution in [1.82, 2.24) is 19.6 Å². The van der Waals surface area contributed by atoms with Gasteiger partial charge in [0.25, 0.3) is 11.8 Å². The summed E-state index contributed by atoms with van der Waals surface area (Å²) in [5, 5.41) is 11.1. The fraction of sp³-hybridized carbons (Fsp3) is 0.205. The van der Waals surface area contributed by atoms with Gasteiger partial charge in [-0.1, -0.05) is 51.0 Å². The smallest absolute Gasteiger partial charge is 0.347 e. The molecular weight excluding hydrogens is 668 g/mol. The lowest BCUT2D eigenvalue weighted by Gasteiger charge is -2.10. The van der Waals surface area contributed by atoms with E-state index in [0.29, 0.717) is 81.0 Å². The molecule has 0 unspecified atom stereocenters. The number of rotatable bonds is 9. The first-order valence-corrected chi connectivity index (χ1v) is 16.9. The topological polar surface area (TPSA) is 170 Å². The lowest BCUT2D eigenvalue weighted by molar-refractivity contribution is 0.0826.